The van der Waals surface area contributed by atoms with Crippen molar-refractivity contribution >= 4 is 51.3 Å². The van der Waals surface area contributed by atoms with Gasteiger partial charge >= 0.3 is 0 Å². The van der Waals surface area contributed by atoms with Crippen molar-refractivity contribution in [2.75, 3.05) is 11.1 Å². The third-order valence-electron chi connectivity index (χ3n) is 2.07. The normalized spacial score (nSPS) is 10.4. The molecule has 0 spiro atoms. The number of nitrogens with zero attached hydrogens (tertiary/aromatic N) is 2. The lowest BCUT2D eigenvalue weighted by Gasteiger charge is -2.05. The first-order valence-corrected chi connectivity index (χ1v) is 6.40. The van der Waals surface area contributed by atoms with Crippen LogP contribution >= 0.6 is 34.5 Å². The van der Waals surface area contributed by atoms with Crippen molar-refractivity contribution in [1.29, 1.82) is 0 Å². The van der Waals surface area contributed by atoms with E-state index in [1.807, 2.05) is 0 Å². The Morgan fingerprint density at radius 2 is 2.11 bits per heavy atom. The molecule has 0 fully saturated rings. The molecule has 0 aliphatic heterocycles. The number of benzene rings is 1. The summed E-state index contributed by atoms with van der Waals surface area (Å²) in [7, 11) is 0. The topological polar surface area (TPSA) is 80.9 Å². The maximum atomic E-state index is 11.9. The number of aromatic nitrogens is 2. The Hall–Kier alpha value is -1.37. The van der Waals surface area contributed by atoms with Gasteiger partial charge in [0.15, 0.2) is 0 Å². The van der Waals surface area contributed by atoms with Gasteiger partial charge in [0.05, 0.1) is 15.7 Å². The number of anilines is 2. The van der Waals surface area contributed by atoms with E-state index in [0.717, 1.165) is 5.01 Å². The van der Waals surface area contributed by atoms with Crippen molar-refractivity contribution in [3.63, 3.8) is 0 Å². The van der Waals surface area contributed by atoms with Gasteiger partial charge in [-0.1, -0.05) is 34.5 Å². The second kappa shape index (κ2) is 5.09. The monoisotopic (exact) mass is 302 g/mol. The minimum absolute atomic E-state index is 0.232. The number of rotatable bonds is 2. The summed E-state index contributed by atoms with van der Waals surface area (Å²) in [5.74, 6) is -0.364. The van der Waals surface area contributed by atoms with E-state index in [1.165, 1.54) is 23.5 Å². The van der Waals surface area contributed by atoms with E-state index in [1.54, 1.807) is 6.92 Å². The van der Waals surface area contributed by atoms with Crippen LogP contribution in [0.1, 0.15) is 15.4 Å². The Morgan fingerprint density at radius 3 is 2.67 bits per heavy atom. The van der Waals surface area contributed by atoms with E-state index < -0.39 is 0 Å². The molecule has 0 unspecified atom stereocenters. The molecule has 94 valence electrons. The number of hydrogen-bond acceptors (Lipinski definition) is 5. The maximum absolute atomic E-state index is 11.9. The Bertz CT molecular complexity index is 591. The fraction of sp³-hybridized carbons (Fsp3) is 0.100. The Balaban J connectivity index is 2.24. The summed E-state index contributed by atoms with van der Waals surface area (Å²) in [6.45, 7) is 1.80. The van der Waals surface area contributed by atoms with Gasteiger partial charge in [-0.05, 0) is 19.1 Å². The van der Waals surface area contributed by atoms with Crippen molar-refractivity contribution in [3.8, 4) is 0 Å². The van der Waals surface area contributed by atoms with Gasteiger partial charge in [-0.25, -0.2) is 0 Å². The first kappa shape index (κ1) is 13.1. The Morgan fingerprint density at radius 1 is 1.39 bits per heavy atom. The van der Waals surface area contributed by atoms with Crippen molar-refractivity contribution in [1.82, 2.24) is 10.2 Å². The van der Waals surface area contributed by atoms with Gasteiger partial charge in [0.2, 0.25) is 5.13 Å². The van der Waals surface area contributed by atoms with E-state index in [9.17, 15) is 4.79 Å². The van der Waals surface area contributed by atoms with Crippen LogP contribution < -0.4 is 11.1 Å². The third-order valence-corrected chi connectivity index (χ3v) is 3.64. The number of nitrogens with one attached hydrogen (secondary N) is 1. The number of nitrogen functional groups attached to an aromatic ring is 1. The maximum Gasteiger partial charge on any atom is 0.257 e. The summed E-state index contributed by atoms with van der Waals surface area (Å²) in [6, 6.07) is 2.90. The molecular weight excluding hydrogens is 295 g/mol. The summed E-state index contributed by atoms with van der Waals surface area (Å²) in [5, 5.41) is 11.8. The highest BCUT2D eigenvalue weighted by Crippen LogP contribution is 2.29. The molecule has 1 heterocycles. The van der Waals surface area contributed by atoms with Crippen LogP contribution in [0.25, 0.3) is 0 Å². The average molecular weight is 303 g/mol. The van der Waals surface area contributed by atoms with Gasteiger partial charge in [0.1, 0.15) is 5.01 Å². The van der Waals surface area contributed by atoms with Crippen molar-refractivity contribution in [3.05, 3.63) is 32.7 Å². The smallest absolute Gasteiger partial charge is 0.257 e. The summed E-state index contributed by atoms with van der Waals surface area (Å²) in [5.41, 5.74) is 6.20. The van der Waals surface area contributed by atoms with E-state index in [4.69, 9.17) is 28.9 Å². The third kappa shape index (κ3) is 2.72. The molecule has 0 saturated heterocycles. The molecule has 2 aromatic rings. The molecule has 1 amide bonds. The average Bonchev–Trinajstić information content (AvgIpc) is 2.71. The highest BCUT2D eigenvalue weighted by atomic mass is 35.5. The second-order valence-electron chi connectivity index (χ2n) is 3.44. The van der Waals surface area contributed by atoms with Crippen LogP contribution in [0, 0.1) is 6.92 Å². The van der Waals surface area contributed by atoms with Gasteiger partial charge in [-0.2, -0.15) is 0 Å². The van der Waals surface area contributed by atoms with Gasteiger partial charge in [0, 0.05) is 5.56 Å². The predicted molar refractivity (Wildman–Crippen MR) is 73.5 cm³/mol. The highest BCUT2D eigenvalue weighted by molar-refractivity contribution is 7.15. The van der Waals surface area contributed by atoms with Gasteiger partial charge in [-0.3, -0.25) is 10.1 Å². The van der Waals surface area contributed by atoms with Crippen LogP contribution in [0.3, 0.4) is 0 Å². The van der Waals surface area contributed by atoms with E-state index in [0.29, 0.717) is 10.7 Å². The molecule has 1 aromatic heterocycles. The lowest BCUT2D eigenvalue weighted by molar-refractivity contribution is 0.102. The van der Waals surface area contributed by atoms with Crippen LogP contribution in [-0.4, -0.2) is 16.1 Å². The number of carbonyl (C=O) groups is 1. The number of nitrogens with two attached hydrogens (primary N) is 1. The lowest BCUT2D eigenvalue weighted by Crippen LogP contribution is -2.12. The minimum atomic E-state index is -0.364. The first-order chi connectivity index (χ1) is 8.47. The van der Waals surface area contributed by atoms with Crippen LogP contribution in [0.4, 0.5) is 10.8 Å². The van der Waals surface area contributed by atoms with Crippen molar-refractivity contribution < 1.29 is 4.79 Å². The molecule has 0 saturated carbocycles. The number of amides is 1. The summed E-state index contributed by atoms with van der Waals surface area (Å²) in [4.78, 5) is 11.9. The van der Waals surface area contributed by atoms with Crippen molar-refractivity contribution in [2.45, 2.75) is 6.92 Å². The highest BCUT2D eigenvalue weighted by Gasteiger charge is 2.13. The number of halogens is 2. The van der Waals surface area contributed by atoms with Crippen LogP contribution in [-0.2, 0) is 0 Å². The standard InChI is InChI=1S/C10H8Cl2N4OS/c1-4-15-16-10(18-4)14-9(17)5-2-6(11)8(12)7(13)3-5/h2-3H,13H2,1H3,(H,14,16,17). The van der Waals surface area contributed by atoms with Crippen molar-refractivity contribution in [2.24, 2.45) is 0 Å². The van der Waals surface area contributed by atoms with E-state index in [-0.39, 0.29) is 21.6 Å². The second-order valence-corrected chi connectivity index (χ2v) is 5.41. The molecule has 0 atom stereocenters. The van der Waals surface area contributed by atoms with Crippen LogP contribution in [0.2, 0.25) is 10.0 Å². The molecule has 0 radical (unpaired) electrons. The number of hydrogen-bond donors (Lipinski definition) is 2. The summed E-state index contributed by atoms with van der Waals surface area (Å²) < 4.78 is 0. The molecule has 3 N–H and O–H groups in total. The molecule has 0 bridgehead atoms. The number of carbonyl (C=O) groups excluding carboxylic acids is 1. The first-order valence-electron chi connectivity index (χ1n) is 4.83. The number of aryl methyl sites for hydroxylation is 1. The molecule has 8 heteroatoms. The molecule has 2 rings (SSSR count). The predicted octanol–water partition coefficient (Wildman–Crippen LogP) is 2.99. The zero-order valence-electron chi connectivity index (χ0n) is 9.20. The summed E-state index contributed by atoms with van der Waals surface area (Å²) >= 11 is 12.9. The summed E-state index contributed by atoms with van der Waals surface area (Å²) in [6.07, 6.45) is 0. The Kier molecular flexibility index (Phi) is 3.70. The van der Waals surface area contributed by atoms with E-state index >= 15 is 0 Å². The zero-order chi connectivity index (χ0) is 13.3. The largest absolute Gasteiger partial charge is 0.397 e. The molecule has 5 nitrogen and oxygen atoms in total. The van der Waals surface area contributed by atoms with Crippen LogP contribution in [0.15, 0.2) is 12.1 Å². The molecule has 1 aromatic carbocycles. The zero-order valence-corrected chi connectivity index (χ0v) is 11.5. The fourth-order valence-corrected chi connectivity index (χ4v) is 2.18. The van der Waals surface area contributed by atoms with Gasteiger partial charge in [-0.15, -0.1) is 10.2 Å². The fourth-order valence-electron chi connectivity index (χ4n) is 1.26. The van der Waals surface area contributed by atoms with Crippen LogP contribution in [0.5, 0.6) is 0 Å². The molecule has 0 aliphatic carbocycles. The molecule has 0 aliphatic rings. The van der Waals surface area contributed by atoms with E-state index in [2.05, 4.69) is 15.5 Å². The molecular formula is C10H8Cl2N4OS. The quantitative estimate of drug-likeness (QED) is 0.836. The minimum Gasteiger partial charge on any atom is -0.397 e. The van der Waals surface area contributed by atoms with Gasteiger partial charge < -0.3 is 5.73 Å². The SMILES string of the molecule is Cc1nnc(NC(=O)c2cc(N)c(Cl)c(Cl)c2)s1. The lowest BCUT2D eigenvalue weighted by atomic mass is 10.2. The Labute approximate surface area is 117 Å². The molecule has 18 heavy (non-hydrogen) atoms. The van der Waals surface area contributed by atoms with Gasteiger partial charge in [0.25, 0.3) is 5.91 Å².